The van der Waals surface area contributed by atoms with Crippen LogP contribution in [0.15, 0.2) is 54.9 Å². The summed E-state index contributed by atoms with van der Waals surface area (Å²) >= 11 is 0. The molecule has 9 nitrogen and oxygen atoms in total. The van der Waals surface area contributed by atoms with Gasteiger partial charge >= 0.3 is 0 Å². The number of H-pyrrole nitrogens is 1. The molecule has 190 valence electrons. The summed E-state index contributed by atoms with van der Waals surface area (Å²) in [5.41, 5.74) is 3.68. The molecule has 2 aliphatic rings. The minimum atomic E-state index is -0.631. The number of imide groups is 1. The Labute approximate surface area is 213 Å². The largest absolute Gasteiger partial charge is 0.497 e. The SMILES string of the molecule is COc1ccc2c(C3=C(c4c[nH]c5ccccc45)C(=O)NC3=O)cn(CC(O)CN3CCOCC3)c2c1. The second-order valence-corrected chi connectivity index (χ2v) is 9.43. The van der Waals surface area contributed by atoms with Gasteiger partial charge in [-0.3, -0.25) is 19.8 Å². The van der Waals surface area contributed by atoms with Gasteiger partial charge in [0.15, 0.2) is 0 Å². The number of hydrogen-bond donors (Lipinski definition) is 3. The second kappa shape index (κ2) is 9.51. The Kier molecular flexibility index (Phi) is 6.03. The number of carbonyl (C=O) groups excluding carboxylic acids is 2. The molecule has 3 N–H and O–H groups in total. The number of amides is 2. The van der Waals surface area contributed by atoms with Crippen LogP contribution in [-0.4, -0.2) is 77.4 Å². The van der Waals surface area contributed by atoms with Crippen molar-refractivity contribution in [1.82, 2.24) is 19.8 Å². The van der Waals surface area contributed by atoms with Crippen LogP contribution in [0.25, 0.3) is 33.0 Å². The van der Waals surface area contributed by atoms with Crippen LogP contribution in [-0.2, 0) is 20.9 Å². The number of benzene rings is 2. The number of aromatic nitrogens is 2. The lowest BCUT2D eigenvalue weighted by molar-refractivity contribution is -0.122. The lowest BCUT2D eigenvalue weighted by atomic mass is 9.95. The Morgan fingerprint density at radius 2 is 1.76 bits per heavy atom. The van der Waals surface area contributed by atoms with Gasteiger partial charge in [0.25, 0.3) is 11.8 Å². The number of nitrogens with zero attached hydrogens (tertiary/aromatic N) is 2. The fourth-order valence-electron chi connectivity index (χ4n) is 5.36. The third-order valence-corrected chi connectivity index (χ3v) is 7.13. The highest BCUT2D eigenvalue weighted by Gasteiger charge is 2.35. The first-order valence-electron chi connectivity index (χ1n) is 12.4. The summed E-state index contributed by atoms with van der Waals surface area (Å²) in [6, 6.07) is 13.3. The minimum Gasteiger partial charge on any atom is -0.497 e. The first-order valence-corrected chi connectivity index (χ1v) is 12.4. The van der Waals surface area contributed by atoms with Crippen LogP contribution in [0.4, 0.5) is 0 Å². The fraction of sp³-hybridized carbons (Fsp3) is 0.286. The molecule has 1 atom stereocenters. The van der Waals surface area contributed by atoms with Crippen LogP contribution in [0.2, 0.25) is 0 Å². The first kappa shape index (κ1) is 23.5. The zero-order valence-corrected chi connectivity index (χ0v) is 20.5. The normalized spacial score (nSPS) is 17.7. The predicted octanol–water partition coefficient (Wildman–Crippen LogP) is 2.39. The number of β-amino-alcohol motifs (C(OH)–C–C–N with tert-alkyl or cyclic N) is 1. The molecule has 1 fully saturated rings. The van der Waals surface area contributed by atoms with Crippen LogP contribution >= 0.6 is 0 Å². The predicted molar refractivity (Wildman–Crippen MR) is 140 cm³/mol. The van der Waals surface area contributed by atoms with Crippen molar-refractivity contribution in [3.8, 4) is 5.75 Å². The van der Waals surface area contributed by atoms with E-state index in [0.717, 1.165) is 34.9 Å². The van der Waals surface area contributed by atoms with E-state index < -0.39 is 17.9 Å². The third-order valence-electron chi connectivity index (χ3n) is 7.13. The van der Waals surface area contributed by atoms with E-state index in [-0.39, 0.29) is 0 Å². The summed E-state index contributed by atoms with van der Waals surface area (Å²) in [7, 11) is 1.60. The number of ether oxygens (including phenoxy) is 2. The smallest absolute Gasteiger partial charge is 0.259 e. The number of morpholine rings is 1. The maximum Gasteiger partial charge on any atom is 0.259 e. The number of para-hydroxylation sites is 1. The standard InChI is InChI=1S/C28H28N4O5/c1-36-18-6-7-20-22(16-32(24(20)12-18)15-17(33)14-31-8-10-37-11-9-31)26-25(27(34)30-28(26)35)21-13-29-23-5-3-2-4-19(21)23/h2-7,12-13,16-17,29,33H,8-11,14-15H2,1H3,(H,30,34,35). The lowest BCUT2D eigenvalue weighted by Crippen LogP contribution is -2.41. The van der Waals surface area contributed by atoms with Gasteiger partial charge in [0, 0.05) is 72.1 Å². The summed E-state index contributed by atoms with van der Waals surface area (Å²) in [5, 5.41) is 15.1. The third kappa shape index (κ3) is 4.21. The molecule has 0 saturated carbocycles. The van der Waals surface area contributed by atoms with E-state index in [1.54, 1.807) is 13.3 Å². The van der Waals surface area contributed by atoms with Crippen LogP contribution in [0.3, 0.4) is 0 Å². The Balaban J connectivity index is 1.47. The number of methoxy groups -OCH3 is 1. The Hall–Kier alpha value is -3.92. The molecule has 2 aromatic heterocycles. The number of rotatable bonds is 7. The van der Waals surface area contributed by atoms with Crippen LogP contribution in [0, 0.1) is 0 Å². The molecule has 0 radical (unpaired) electrons. The topological polar surface area (TPSA) is 109 Å². The van der Waals surface area contributed by atoms with Gasteiger partial charge in [-0.25, -0.2) is 0 Å². The maximum absolute atomic E-state index is 13.2. The van der Waals surface area contributed by atoms with Crippen LogP contribution < -0.4 is 10.1 Å². The van der Waals surface area contributed by atoms with Crippen molar-refractivity contribution in [1.29, 1.82) is 0 Å². The molecule has 1 unspecified atom stereocenters. The Bertz CT molecular complexity index is 1540. The van der Waals surface area contributed by atoms with Gasteiger partial charge < -0.3 is 24.1 Å². The highest BCUT2D eigenvalue weighted by molar-refractivity contribution is 6.50. The van der Waals surface area contributed by atoms with E-state index in [9.17, 15) is 14.7 Å². The average Bonchev–Trinajstić information content (AvgIpc) is 3.57. The van der Waals surface area contributed by atoms with E-state index >= 15 is 0 Å². The van der Waals surface area contributed by atoms with E-state index in [2.05, 4.69) is 15.2 Å². The van der Waals surface area contributed by atoms with Crippen molar-refractivity contribution in [3.63, 3.8) is 0 Å². The van der Waals surface area contributed by atoms with E-state index in [0.29, 0.717) is 54.3 Å². The first-order chi connectivity index (χ1) is 18.0. The van der Waals surface area contributed by atoms with E-state index in [1.807, 2.05) is 53.2 Å². The quantitative estimate of drug-likeness (QED) is 0.336. The molecular weight excluding hydrogens is 472 g/mol. The fourth-order valence-corrected chi connectivity index (χ4v) is 5.36. The summed E-state index contributed by atoms with van der Waals surface area (Å²) in [4.78, 5) is 31.6. The van der Waals surface area contributed by atoms with Crippen molar-refractivity contribution in [2.75, 3.05) is 40.0 Å². The van der Waals surface area contributed by atoms with Gasteiger partial charge in [-0.2, -0.15) is 0 Å². The summed E-state index contributed by atoms with van der Waals surface area (Å²) in [6.07, 6.45) is 3.00. The molecule has 4 heterocycles. The molecule has 0 aliphatic carbocycles. The molecule has 0 spiro atoms. The summed E-state index contributed by atoms with van der Waals surface area (Å²) < 4.78 is 12.8. The maximum atomic E-state index is 13.2. The van der Waals surface area contributed by atoms with Gasteiger partial charge in [0.1, 0.15) is 5.75 Å². The Morgan fingerprint density at radius 1 is 1.00 bits per heavy atom. The highest BCUT2D eigenvalue weighted by atomic mass is 16.5. The molecule has 2 amide bonds. The van der Waals surface area contributed by atoms with Gasteiger partial charge in [0.05, 0.1) is 43.1 Å². The van der Waals surface area contributed by atoms with Gasteiger partial charge in [-0.05, 0) is 18.2 Å². The molecular formula is C28H28N4O5. The van der Waals surface area contributed by atoms with Gasteiger partial charge in [0.2, 0.25) is 0 Å². The zero-order chi connectivity index (χ0) is 25.5. The monoisotopic (exact) mass is 500 g/mol. The number of aliphatic hydroxyl groups is 1. The lowest BCUT2D eigenvalue weighted by Gasteiger charge is -2.28. The average molecular weight is 501 g/mol. The summed E-state index contributed by atoms with van der Waals surface area (Å²) in [5.74, 6) is -0.195. The molecule has 37 heavy (non-hydrogen) atoms. The van der Waals surface area contributed by atoms with Crippen molar-refractivity contribution in [2.24, 2.45) is 0 Å². The summed E-state index contributed by atoms with van der Waals surface area (Å²) in [6.45, 7) is 3.73. The van der Waals surface area contributed by atoms with Crippen molar-refractivity contribution < 1.29 is 24.2 Å². The molecule has 1 saturated heterocycles. The molecule has 4 aromatic rings. The second-order valence-electron chi connectivity index (χ2n) is 9.43. The molecule has 2 aromatic carbocycles. The van der Waals surface area contributed by atoms with E-state index in [1.165, 1.54) is 0 Å². The number of aromatic amines is 1. The van der Waals surface area contributed by atoms with Gasteiger partial charge in [-0.15, -0.1) is 0 Å². The van der Waals surface area contributed by atoms with Crippen LogP contribution in [0.1, 0.15) is 11.1 Å². The highest BCUT2D eigenvalue weighted by Crippen LogP contribution is 2.39. The minimum absolute atomic E-state index is 0.325. The molecule has 9 heteroatoms. The number of fused-ring (bicyclic) bond motifs is 2. The van der Waals surface area contributed by atoms with Crippen molar-refractivity contribution in [3.05, 3.63) is 66.0 Å². The number of hydrogen-bond acceptors (Lipinski definition) is 6. The van der Waals surface area contributed by atoms with Gasteiger partial charge in [-0.1, -0.05) is 18.2 Å². The molecule has 0 bridgehead atoms. The molecule has 6 rings (SSSR count). The number of aliphatic hydroxyl groups excluding tert-OH is 1. The molecule has 2 aliphatic heterocycles. The number of nitrogens with one attached hydrogen (secondary N) is 2. The zero-order valence-electron chi connectivity index (χ0n) is 20.5. The van der Waals surface area contributed by atoms with E-state index in [4.69, 9.17) is 9.47 Å². The van der Waals surface area contributed by atoms with Crippen LogP contribution in [0.5, 0.6) is 5.75 Å². The Morgan fingerprint density at radius 3 is 2.54 bits per heavy atom. The van der Waals surface area contributed by atoms with Crippen molar-refractivity contribution >= 4 is 44.8 Å². The van der Waals surface area contributed by atoms with Crippen molar-refractivity contribution in [2.45, 2.75) is 12.6 Å². The number of carbonyl (C=O) groups is 2.